The maximum absolute atomic E-state index is 14.5. The van der Waals surface area contributed by atoms with Gasteiger partial charge in [0.25, 0.3) is 0 Å². The lowest BCUT2D eigenvalue weighted by Gasteiger charge is -2.52. The van der Waals surface area contributed by atoms with Crippen molar-refractivity contribution in [2.45, 2.75) is 77.8 Å². The summed E-state index contributed by atoms with van der Waals surface area (Å²) in [6.07, 6.45) is 1.09. The summed E-state index contributed by atoms with van der Waals surface area (Å²) < 4.78 is 27.0. The molecule has 222 valence electrons. The minimum atomic E-state index is -4.22. The van der Waals surface area contributed by atoms with Crippen LogP contribution in [0, 0.1) is 16.7 Å². The van der Waals surface area contributed by atoms with E-state index >= 15 is 0 Å². The fraction of sp³-hybridized carbons (Fsp3) is 0.516. The molecule has 4 unspecified atom stereocenters. The van der Waals surface area contributed by atoms with E-state index in [1.54, 1.807) is 62.9 Å². The van der Waals surface area contributed by atoms with Crippen molar-refractivity contribution >= 4 is 50.0 Å². The molecule has 0 aromatic heterocycles. The standard InChI is InChI=1S/C31H37Cl2NO6S/c1-30(2,3)17-27(37)41(39,40)18-25(19-8-9-19)34-28(20-10-12-22(32)13-11-20)24(21-6-5-7-23(33)14-21)15-31(4,29(34)38)16-26(35)36/h5-7,10-14,19,24-25,28H,8-9,15-18H2,1-4H3,(H,35,36). The second-order valence-electron chi connectivity index (χ2n) is 13.0. The number of amides is 1. The van der Waals surface area contributed by atoms with Crippen LogP contribution in [0.2, 0.25) is 10.0 Å². The van der Waals surface area contributed by atoms with E-state index < -0.39 is 67.8 Å². The van der Waals surface area contributed by atoms with Crippen molar-refractivity contribution < 1.29 is 27.9 Å². The molecule has 1 aliphatic heterocycles. The Morgan fingerprint density at radius 2 is 1.68 bits per heavy atom. The lowest BCUT2D eigenvalue weighted by molar-refractivity contribution is -0.160. The molecule has 1 saturated heterocycles. The van der Waals surface area contributed by atoms with Crippen molar-refractivity contribution in [3.8, 4) is 0 Å². The lowest BCUT2D eigenvalue weighted by atomic mass is 9.67. The van der Waals surface area contributed by atoms with Gasteiger partial charge >= 0.3 is 5.97 Å². The molecule has 4 rings (SSSR count). The van der Waals surface area contributed by atoms with Gasteiger partial charge in [0.15, 0.2) is 0 Å². The second kappa shape index (κ2) is 11.7. The summed E-state index contributed by atoms with van der Waals surface area (Å²) in [5.74, 6) is -2.57. The van der Waals surface area contributed by atoms with Crippen LogP contribution in [0.5, 0.6) is 0 Å². The highest BCUT2D eigenvalue weighted by Crippen LogP contribution is 2.54. The molecule has 2 aliphatic rings. The topological polar surface area (TPSA) is 109 Å². The molecule has 0 spiro atoms. The number of carbonyl (C=O) groups is 3. The zero-order valence-corrected chi connectivity index (χ0v) is 26.1. The molecule has 0 bridgehead atoms. The smallest absolute Gasteiger partial charge is 0.304 e. The molecule has 4 atom stereocenters. The summed E-state index contributed by atoms with van der Waals surface area (Å²) >= 11 is 12.6. The molecule has 41 heavy (non-hydrogen) atoms. The van der Waals surface area contributed by atoms with Crippen molar-refractivity contribution in [1.82, 2.24) is 4.90 Å². The number of carboxylic acids is 1. The largest absolute Gasteiger partial charge is 0.481 e. The first-order valence-electron chi connectivity index (χ1n) is 13.8. The Balaban J connectivity index is 1.89. The lowest BCUT2D eigenvalue weighted by Crippen LogP contribution is -2.58. The zero-order valence-electron chi connectivity index (χ0n) is 23.8. The number of sulfone groups is 1. The van der Waals surface area contributed by atoms with Crippen LogP contribution < -0.4 is 0 Å². The third-order valence-electron chi connectivity index (χ3n) is 8.07. The number of halogens is 2. The first kappa shape index (κ1) is 31.5. The minimum Gasteiger partial charge on any atom is -0.481 e. The van der Waals surface area contributed by atoms with Crippen LogP contribution in [-0.4, -0.2) is 47.2 Å². The van der Waals surface area contributed by atoms with Crippen LogP contribution in [0.3, 0.4) is 0 Å². The second-order valence-corrected chi connectivity index (χ2v) is 15.9. The van der Waals surface area contributed by atoms with Gasteiger partial charge in [0.1, 0.15) is 0 Å². The van der Waals surface area contributed by atoms with E-state index in [0.29, 0.717) is 22.9 Å². The number of rotatable bonds is 9. The summed E-state index contributed by atoms with van der Waals surface area (Å²) in [6, 6.07) is 12.9. The average molecular weight is 623 g/mol. The van der Waals surface area contributed by atoms with Gasteiger partial charge in [0, 0.05) is 28.4 Å². The Morgan fingerprint density at radius 1 is 1.05 bits per heavy atom. The minimum absolute atomic E-state index is 0.127. The molecule has 1 N–H and O–H groups in total. The van der Waals surface area contributed by atoms with Crippen LogP contribution in [0.4, 0.5) is 0 Å². The van der Waals surface area contributed by atoms with Crippen molar-refractivity contribution in [1.29, 1.82) is 0 Å². The number of aliphatic carboxylic acids is 1. The van der Waals surface area contributed by atoms with Gasteiger partial charge in [-0.15, -0.1) is 0 Å². The zero-order chi connectivity index (χ0) is 30.3. The van der Waals surface area contributed by atoms with E-state index in [1.165, 1.54) is 0 Å². The molecule has 1 aliphatic carbocycles. The van der Waals surface area contributed by atoms with Gasteiger partial charge in [-0.1, -0.05) is 75.2 Å². The van der Waals surface area contributed by atoms with E-state index in [4.69, 9.17) is 23.2 Å². The summed E-state index contributed by atoms with van der Waals surface area (Å²) in [7, 11) is -4.22. The summed E-state index contributed by atoms with van der Waals surface area (Å²) in [5, 5.41) is 9.99. The third-order valence-corrected chi connectivity index (χ3v) is 10.2. The number of benzene rings is 2. The van der Waals surface area contributed by atoms with Gasteiger partial charge in [-0.05, 0) is 66.0 Å². The van der Waals surface area contributed by atoms with E-state index in [-0.39, 0.29) is 18.8 Å². The maximum Gasteiger partial charge on any atom is 0.304 e. The van der Waals surface area contributed by atoms with E-state index in [2.05, 4.69) is 0 Å². The fourth-order valence-corrected chi connectivity index (χ4v) is 8.08. The Morgan fingerprint density at radius 3 is 2.22 bits per heavy atom. The molecular formula is C31H37Cl2NO6S. The number of nitrogens with zero attached hydrogens (tertiary/aromatic N) is 1. The fourth-order valence-electron chi connectivity index (χ4n) is 6.03. The first-order valence-corrected chi connectivity index (χ1v) is 16.2. The highest BCUT2D eigenvalue weighted by molar-refractivity contribution is 8.06. The number of likely N-dealkylation sites (tertiary alicyclic amines) is 1. The molecule has 1 amide bonds. The molecule has 2 aromatic carbocycles. The normalized spacial score (nSPS) is 24.2. The van der Waals surface area contributed by atoms with Crippen molar-refractivity contribution in [3.05, 3.63) is 69.7 Å². The average Bonchev–Trinajstić information content (AvgIpc) is 3.69. The molecule has 2 fully saturated rings. The van der Waals surface area contributed by atoms with Crippen molar-refractivity contribution in [3.63, 3.8) is 0 Å². The molecule has 10 heteroatoms. The quantitative estimate of drug-likeness (QED) is 0.334. The van der Waals surface area contributed by atoms with Crippen LogP contribution in [0.1, 0.15) is 82.9 Å². The van der Waals surface area contributed by atoms with Crippen molar-refractivity contribution in [2.75, 3.05) is 5.75 Å². The maximum atomic E-state index is 14.5. The first-order chi connectivity index (χ1) is 19.0. The van der Waals surface area contributed by atoms with E-state index in [9.17, 15) is 27.9 Å². The highest BCUT2D eigenvalue weighted by Gasteiger charge is 2.55. The summed E-state index contributed by atoms with van der Waals surface area (Å²) in [6.45, 7) is 7.04. The van der Waals surface area contributed by atoms with Gasteiger partial charge in [0.2, 0.25) is 20.9 Å². The Labute approximate surface area is 252 Å². The van der Waals surface area contributed by atoms with Gasteiger partial charge < -0.3 is 10.0 Å². The van der Waals surface area contributed by atoms with E-state index in [0.717, 1.165) is 11.1 Å². The van der Waals surface area contributed by atoms with Crippen LogP contribution in [-0.2, 0) is 24.2 Å². The monoisotopic (exact) mass is 621 g/mol. The van der Waals surface area contributed by atoms with Gasteiger partial charge in [0.05, 0.1) is 23.6 Å². The van der Waals surface area contributed by atoms with Crippen LogP contribution >= 0.6 is 23.2 Å². The Kier molecular flexibility index (Phi) is 8.99. The number of hydrogen-bond acceptors (Lipinski definition) is 5. The molecule has 7 nitrogen and oxygen atoms in total. The molecule has 0 radical (unpaired) electrons. The van der Waals surface area contributed by atoms with Crippen LogP contribution in [0.15, 0.2) is 48.5 Å². The number of hydrogen-bond donors (Lipinski definition) is 1. The Bertz CT molecular complexity index is 1430. The highest BCUT2D eigenvalue weighted by atomic mass is 35.5. The SMILES string of the molecule is CC(C)(C)CC(=O)S(=O)(=O)CC(C1CC1)N1C(=O)C(C)(CC(=O)O)CC(c2cccc(Cl)c2)C1c1ccc(Cl)cc1. The predicted octanol–water partition coefficient (Wildman–Crippen LogP) is 6.69. The number of carboxylic acid groups (broad SMARTS) is 1. The molecule has 1 heterocycles. The Hall–Kier alpha value is -2.42. The van der Waals surface area contributed by atoms with E-state index in [1.807, 2.05) is 18.2 Å². The van der Waals surface area contributed by atoms with Crippen LogP contribution in [0.25, 0.3) is 0 Å². The summed E-state index contributed by atoms with van der Waals surface area (Å²) in [5.41, 5.74) is -0.278. The summed E-state index contributed by atoms with van der Waals surface area (Å²) in [4.78, 5) is 41.1. The van der Waals surface area contributed by atoms with Gasteiger partial charge in [-0.3, -0.25) is 14.4 Å². The predicted molar refractivity (Wildman–Crippen MR) is 160 cm³/mol. The number of carbonyl (C=O) groups excluding carboxylic acids is 2. The third kappa shape index (κ3) is 7.33. The molecular weight excluding hydrogens is 585 g/mol. The number of piperidine rings is 1. The molecule has 1 saturated carbocycles. The van der Waals surface area contributed by atoms with Crippen molar-refractivity contribution in [2.24, 2.45) is 16.7 Å². The van der Waals surface area contributed by atoms with Gasteiger partial charge in [-0.2, -0.15) is 0 Å². The van der Waals surface area contributed by atoms with Gasteiger partial charge in [-0.25, -0.2) is 8.42 Å². The molecule has 2 aromatic rings.